The molecule has 1 heterocycles. The third kappa shape index (κ3) is 3.39. The molecule has 2 rings (SSSR count). The average Bonchev–Trinajstić information content (AvgIpc) is 2.52. The number of hydrogen-bond donors (Lipinski definition) is 2. The highest BCUT2D eigenvalue weighted by Crippen LogP contribution is 2.28. The number of methoxy groups -OCH3 is 1. The van der Waals surface area contributed by atoms with E-state index in [-0.39, 0.29) is 5.84 Å². The van der Waals surface area contributed by atoms with E-state index in [0.29, 0.717) is 11.6 Å². The summed E-state index contributed by atoms with van der Waals surface area (Å²) in [5.41, 5.74) is 7.44. The number of nitrogens with two attached hydrogens (primary N) is 1. The van der Waals surface area contributed by atoms with Crippen LogP contribution in [-0.4, -0.2) is 56.3 Å². The van der Waals surface area contributed by atoms with E-state index < -0.39 is 0 Å². The van der Waals surface area contributed by atoms with Gasteiger partial charge in [0, 0.05) is 31.3 Å². The number of oxime groups is 1. The lowest BCUT2D eigenvalue weighted by molar-refractivity contribution is 0.248. The van der Waals surface area contributed by atoms with Crippen LogP contribution in [0.2, 0.25) is 0 Å². The zero-order valence-electron chi connectivity index (χ0n) is 12.9. The number of ether oxygens (including phenoxy) is 1. The van der Waals surface area contributed by atoms with Crippen molar-refractivity contribution >= 4 is 11.5 Å². The van der Waals surface area contributed by atoms with Crippen LogP contribution in [0.25, 0.3) is 0 Å². The van der Waals surface area contributed by atoms with E-state index in [2.05, 4.69) is 22.0 Å². The fourth-order valence-corrected chi connectivity index (χ4v) is 2.85. The van der Waals surface area contributed by atoms with Gasteiger partial charge < -0.3 is 25.5 Å². The fraction of sp³-hybridized carbons (Fsp3) is 0.533. The van der Waals surface area contributed by atoms with E-state index >= 15 is 0 Å². The third-order valence-corrected chi connectivity index (χ3v) is 4.12. The second-order valence-corrected chi connectivity index (χ2v) is 5.54. The minimum Gasteiger partial charge on any atom is -0.497 e. The molecule has 21 heavy (non-hydrogen) atoms. The second-order valence-electron chi connectivity index (χ2n) is 5.54. The molecule has 0 aliphatic carbocycles. The molecule has 1 aliphatic rings. The normalized spacial score (nSPS) is 20.3. The number of amidine groups is 1. The van der Waals surface area contributed by atoms with Gasteiger partial charge in [-0.2, -0.15) is 0 Å². The Morgan fingerprint density at radius 3 is 2.90 bits per heavy atom. The quantitative estimate of drug-likeness (QED) is 0.379. The van der Waals surface area contributed by atoms with E-state index in [1.54, 1.807) is 7.11 Å². The predicted octanol–water partition coefficient (Wildman–Crippen LogP) is 1.32. The van der Waals surface area contributed by atoms with Gasteiger partial charge in [-0.3, -0.25) is 0 Å². The van der Waals surface area contributed by atoms with Crippen LogP contribution in [0.15, 0.2) is 23.4 Å². The zero-order chi connectivity index (χ0) is 15.4. The Morgan fingerprint density at radius 2 is 2.29 bits per heavy atom. The molecule has 1 atom stereocenters. The van der Waals surface area contributed by atoms with Gasteiger partial charge in [-0.05, 0) is 38.6 Å². The Labute approximate surface area is 125 Å². The summed E-state index contributed by atoms with van der Waals surface area (Å²) in [5.74, 6) is 0.874. The SMILES string of the molecule is COc1ccc(/C(N)=N/O)c(N(C)C2CCCN(C)C2)c1. The van der Waals surface area contributed by atoms with Crippen LogP contribution in [0.1, 0.15) is 18.4 Å². The molecule has 0 spiro atoms. The summed E-state index contributed by atoms with van der Waals surface area (Å²) >= 11 is 0. The minimum atomic E-state index is 0.115. The van der Waals surface area contributed by atoms with Crippen molar-refractivity contribution in [3.8, 4) is 5.75 Å². The third-order valence-electron chi connectivity index (χ3n) is 4.12. The van der Waals surface area contributed by atoms with Gasteiger partial charge in [-0.15, -0.1) is 0 Å². The van der Waals surface area contributed by atoms with Crippen molar-refractivity contribution in [2.45, 2.75) is 18.9 Å². The Bertz CT molecular complexity index is 518. The number of rotatable bonds is 4. The molecule has 3 N–H and O–H groups in total. The first-order valence-corrected chi connectivity index (χ1v) is 7.14. The summed E-state index contributed by atoms with van der Waals surface area (Å²) in [7, 11) is 5.82. The summed E-state index contributed by atoms with van der Waals surface area (Å²) in [4.78, 5) is 4.53. The van der Waals surface area contributed by atoms with Crippen molar-refractivity contribution in [1.29, 1.82) is 0 Å². The molecule has 0 radical (unpaired) electrons. The lowest BCUT2D eigenvalue weighted by atomic mass is 10.0. The van der Waals surface area contributed by atoms with Gasteiger partial charge >= 0.3 is 0 Å². The molecule has 1 aromatic carbocycles. The van der Waals surface area contributed by atoms with Crippen LogP contribution in [0.5, 0.6) is 5.75 Å². The van der Waals surface area contributed by atoms with Crippen molar-refractivity contribution in [2.24, 2.45) is 10.9 Å². The van der Waals surface area contributed by atoms with Crippen molar-refractivity contribution in [1.82, 2.24) is 4.90 Å². The van der Waals surface area contributed by atoms with Crippen LogP contribution < -0.4 is 15.4 Å². The molecule has 116 valence electrons. The van der Waals surface area contributed by atoms with Crippen LogP contribution in [0, 0.1) is 0 Å². The molecule has 1 aliphatic heterocycles. The number of benzene rings is 1. The molecule has 0 aromatic heterocycles. The van der Waals surface area contributed by atoms with Gasteiger partial charge in [0.2, 0.25) is 0 Å². The first-order chi connectivity index (χ1) is 10.1. The summed E-state index contributed by atoms with van der Waals surface area (Å²) in [6.45, 7) is 2.14. The Hall–Kier alpha value is -1.95. The Balaban J connectivity index is 2.35. The number of likely N-dealkylation sites (tertiary alicyclic amines) is 1. The number of anilines is 1. The first-order valence-electron chi connectivity index (χ1n) is 7.14. The number of piperidine rings is 1. The lowest BCUT2D eigenvalue weighted by Crippen LogP contribution is -2.45. The molecule has 6 heteroatoms. The van der Waals surface area contributed by atoms with Gasteiger partial charge in [-0.1, -0.05) is 5.16 Å². The van der Waals surface area contributed by atoms with Crippen molar-refractivity contribution in [3.05, 3.63) is 23.8 Å². The maximum absolute atomic E-state index is 8.98. The maximum atomic E-state index is 8.98. The van der Waals surface area contributed by atoms with Gasteiger partial charge in [0.25, 0.3) is 0 Å². The van der Waals surface area contributed by atoms with E-state index in [1.165, 1.54) is 6.42 Å². The monoisotopic (exact) mass is 292 g/mol. The molecule has 0 amide bonds. The zero-order valence-corrected chi connectivity index (χ0v) is 12.9. The molecule has 1 saturated heterocycles. The Morgan fingerprint density at radius 1 is 1.52 bits per heavy atom. The minimum absolute atomic E-state index is 0.115. The summed E-state index contributed by atoms with van der Waals surface area (Å²) in [6, 6.07) is 5.98. The molecule has 1 unspecified atom stereocenters. The highest BCUT2D eigenvalue weighted by atomic mass is 16.5. The smallest absolute Gasteiger partial charge is 0.172 e. The molecule has 0 saturated carbocycles. The summed E-state index contributed by atoms with van der Waals surface area (Å²) in [5, 5.41) is 12.1. The highest BCUT2D eigenvalue weighted by molar-refractivity contribution is 6.02. The number of likely N-dealkylation sites (N-methyl/N-ethyl adjacent to an activating group) is 2. The molecular weight excluding hydrogens is 268 g/mol. The van der Waals surface area contributed by atoms with Gasteiger partial charge in [-0.25, -0.2) is 0 Å². The fourth-order valence-electron chi connectivity index (χ4n) is 2.85. The lowest BCUT2D eigenvalue weighted by Gasteiger charge is -2.37. The van der Waals surface area contributed by atoms with Crippen LogP contribution in [-0.2, 0) is 0 Å². The average molecular weight is 292 g/mol. The number of nitrogens with zero attached hydrogens (tertiary/aromatic N) is 3. The largest absolute Gasteiger partial charge is 0.497 e. The van der Waals surface area contributed by atoms with Crippen molar-refractivity contribution < 1.29 is 9.94 Å². The molecule has 1 aromatic rings. The van der Waals surface area contributed by atoms with E-state index in [9.17, 15) is 0 Å². The molecule has 0 bridgehead atoms. The van der Waals surface area contributed by atoms with Gasteiger partial charge in [0.1, 0.15) is 5.75 Å². The molecule has 1 fully saturated rings. The summed E-state index contributed by atoms with van der Waals surface area (Å²) < 4.78 is 5.30. The van der Waals surface area contributed by atoms with Crippen LogP contribution in [0.4, 0.5) is 5.69 Å². The first kappa shape index (κ1) is 15.4. The van der Waals surface area contributed by atoms with E-state index in [1.807, 2.05) is 25.2 Å². The topological polar surface area (TPSA) is 74.3 Å². The van der Waals surface area contributed by atoms with Crippen LogP contribution >= 0.6 is 0 Å². The van der Waals surface area contributed by atoms with E-state index in [4.69, 9.17) is 15.7 Å². The van der Waals surface area contributed by atoms with Gasteiger partial charge in [0.15, 0.2) is 5.84 Å². The van der Waals surface area contributed by atoms with Crippen LogP contribution in [0.3, 0.4) is 0 Å². The van der Waals surface area contributed by atoms with E-state index in [0.717, 1.165) is 30.9 Å². The van der Waals surface area contributed by atoms with Crippen molar-refractivity contribution in [3.63, 3.8) is 0 Å². The standard InChI is InChI=1S/C15H24N4O2/c1-18-8-4-5-11(10-18)19(2)14-9-12(21-3)6-7-13(14)15(16)17-20/h6-7,9,11,20H,4-5,8,10H2,1-3H3,(H2,16,17). The highest BCUT2D eigenvalue weighted by Gasteiger charge is 2.24. The molecular formula is C15H24N4O2. The Kier molecular flexibility index (Phi) is 4.90. The number of hydrogen-bond acceptors (Lipinski definition) is 5. The molecule has 6 nitrogen and oxygen atoms in total. The predicted molar refractivity (Wildman–Crippen MR) is 84.4 cm³/mol. The second kappa shape index (κ2) is 6.67. The maximum Gasteiger partial charge on any atom is 0.172 e. The van der Waals surface area contributed by atoms with Crippen molar-refractivity contribution in [2.75, 3.05) is 39.2 Å². The summed E-state index contributed by atoms with van der Waals surface area (Å²) in [6.07, 6.45) is 2.31. The van der Waals surface area contributed by atoms with Gasteiger partial charge in [0.05, 0.1) is 12.8 Å².